The zero-order valence-corrected chi connectivity index (χ0v) is 18.6. The van der Waals surface area contributed by atoms with Gasteiger partial charge in [0.2, 0.25) is 5.91 Å². The molecule has 0 aliphatic heterocycles. The molecule has 2 rings (SSSR count). The van der Waals surface area contributed by atoms with E-state index in [-0.39, 0.29) is 28.6 Å². The van der Waals surface area contributed by atoms with Crippen LogP contribution in [0.3, 0.4) is 0 Å². The van der Waals surface area contributed by atoms with Gasteiger partial charge in [0.1, 0.15) is 6.54 Å². The predicted molar refractivity (Wildman–Crippen MR) is 115 cm³/mol. The van der Waals surface area contributed by atoms with Crippen LogP contribution in [-0.2, 0) is 11.0 Å². The molecule has 2 aromatic carbocycles. The van der Waals surface area contributed by atoms with Crippen LogP contribution in [0.4, 0.5) is 18.9 Å². The third-order valence-electron chi connectivity index (χ3n) is 4.44. The average Bonchev–Trinajstić information content (AvgIpc) is 2.75. The number of hydrogen-bond donors (Lipinski definition) is 1. The van der Waals surface area contributed by atoms with Crippen LogP contribution in [0.15, 0.2) is 36.4 Å². The van der Waals surface area contributed by atoms with E-state index in [2.05, 4.69) is 5.32 Å². The Morgan fingerprint density at radius 2 is 1.84 bits per heavy atom. The number of halogens is 4. The van der Waals surface area contributed by atoms with Crippen molar-refractivity contribution >= 4 is 29.1 Å². The van der Waals surface area contributed by atoms with Gasteiger partial charge >= 0.3 is 6.18 Å². The minimum absolute atomic E-state index is 0.140. The second-order valence-electron chi connectivity index (χ2n) is 6.75. The van der Waals surface area contributed by atoms with Crippen LogP contribution in [0.2, 0.25) is 5.02 Å². The highest BCUT2D eigenvalue weighted by molar-refractivity contribution is 6.32. The van der Waals surface area contributed by atoms with Crippen molar-refractivity contribution in [2.24, 2.45) is 0 Å². The SMILES string of the molecule is CCCOc1c(Cl)cc(C(=O)N(CC)CC(=O)Nc2ccccc2C(F)(F)F)cc1OC. The molecule has 174 valence electrons. The highest BCUT2D eigenvalue weighted by Gasteiger charge is 2.33. The van der Waals surface area contributed by atoms with Gasteiger partial charge in [-0.1, -0.05) is 30.7 Å². The third-order valence-corrected chi connectivity index (χ3v) is 4.72. The topological polar surface area (TPSA) is 67.9 Å². The maximum atomic E-state index is 13.1. The maximum Gasteiger partial charge on any atom is 0.418 e. The number of amides is 2. The summed E-state index contributed by atoms with van der Waals surface area (Å²) in [5.41, 5.74) is -1.20. The summed E-state index contributed by atoms with van der Waals surface area (Å²) in [7, 11) is 1.40. The second kappa shape index (κ2) is 11.1. The summed E-state index contributed by atoms with van der Waals surface area (Å²) in [5, 5.41) is 2.40. The molecule has 1 N–H and O–H groups in total. The molecule has 32 heavy (non-hydrogen) atoms. The smallest absolute Gasteiger partial charge is 0.418 e. The van der Waals surface area contributed by atoms with Gasteiger partial charge in [0.25, 0.3) is 5.91 Å². The van der Waals surface area contributed by atoms with Crippen molar-refractivity contribution < 1.29 is 32.2 Å². The Morgan fingerprint density at radius 3 is 2.44 bits per heavy atom. The molecule has 10 heteroatoms. The van der Waals surface area contributed by atoms with E-state index in [0.29, 0.717) is 12.4 Å². The number of para-hydroxylation sites is 1. The number of methoxy groups -OCH3 is 1. The number of anilines is 1. The number of carbonyl (C=O) groups is 2. The molecular weight excluding hydrogens is 449 g/mol. The van der Waals surface area contributed by atoms with E-state index in [9.17, 15) is 22.8 Å². The number of hydrogen-bond acceptors (Lipinski definition) is 4. The lowest BCUT2D eigenvalue weighted by Gasteiger charge is -2.22. The minimum Gasteiger partial charge on any atom is -0.493 e. The molecule has 0 spiro atoms. The van der Waals surface area contributed by atoms with Gasteiger partial charge in [-0.15, -0.1) is 0 Å². The summed E-state index contributed by atoms with van der Waals surface area (Å²) in [5.74, 6) is -0.738. The first-order chi connectivity index (χ1) is 15.1. The largest absolute Gasteiger partial charge is 0.493 e. The van der Waals surface area contributed by atoms with Gasteiger partial charge in [-0.3, -0.25) is 9.59 Å². The van der Waals surface area contributed by atoms with Crippen LogP contribution in [0.5, 0.6) is 11.5 Å². The van der Waals surface area contributed by atoms with E-state index in [4.69, 9.17) is 21.1 Å². The molecule has 6 nitrogen and oxygen atoms in total. The molecule has 0 aromatic heterocycles. The monoisotopic (exact) mass is 472 g/mol. The zero-order chi connectivity index (χ0) is 23.9. The standard InChI is InChI=1S/C22H24ClF3N2O4/c1-4-10-32-20-16(23)11-14(12-18(20)31-3)21(30)28(5-2)13-19(29)27-17-9-7-6-8-15(17)22(24,25)26/h6-9,11-12H,4-5,10,13H2,1-3H3,(H,27,29). The summed E-state index contributed by atoms with van der Waals surface area (Å²) in [4.78, 5) is 26.5. The summed E-state index contributed by atoms with van der Waals surface area (Å²) < 4.78 is 50.3. The Kier molecular flexibility index (Phi) is 8.77. The average molecular weight is 473 g/mol. The molecular formula is C22H24ClF3N2O4. The molecule has 0 saturated carbocycles. The fourth-order valence-corrected chi connectivity index (χ4v) is 3.16. The van der Waals surface area contributed by atoms with Crippen molar-refractivity contribution in [3.8, 4) is 11.5 Å². The van der Waals surface area contributed by atoms with Gasteiger partial charge in [0.15, 0.2) is 11.5 Å². The molecule has 0 atom stereocenters. The van der Waals surface area contributed by atoms with Gasteiger partial charge in [-0.2, -0.15) is 13.2 Å². The van der Waals surface area contributed by atoms with Gasteiger partial charge < -0.3 is 19.7 Å². The molecule has 0 aliphatic rings. The number of alkyl halides is 3. The van der Waals surface area contributed by atoms with E-state index < -0.39 is 30.1 Å². The van der Waals surface area contributed by atoms with Crippen LogP contribution < -0.4 is 14.8 Å². The van der Waals surface area contributed by atoms with E-state index in [1.165, 1.54) is 36.3 Å². The number of likely N-dealkylation sites (N-methyl/N-ethyl adjacent to an activating group) is 1. The van der Waals surface area contributed by atoms with Gasteiger partial charge in [-0.05, 0) is 37.6 Å². The second-order valence-corrected chi connectivity index (χ2v) is 7.16. The van der Waals surface area contributed by atoms with Crippen LogP contribution in [0.1, 0.15) is 36.2 Å². The van der Waals surface area contributed by atoms with Crippen molar-refractivity contribution in [3.63, 3.8) is 0 Å². The van der Waals surface area contributed by atoms with Crippen LogP contribution in [-0.4, -0.2) is 43.5 Å². The lowest BCUT2D eigenvalue weighted by atomic mass is 10.1. The van der Waals surface area contributed by atoms with Gasteiger partial charge in [-0.25, -0.2) is 0 Å². The van der Waals surface area contributed by atoms with E-state index in [0.717, 1.165) is 18.6 Å². The van der Waals surface area contributed by atoms with Crippen molar-refractivity contribution in [1.82, 2.24) is 4.90 Å². The minimum atomic E-state index is -4.63. The molecule has 2 aromatic rings. The Balaban J connectivity index is 2.20. The Morgan fingerprint density at radius 1 is 1.16 bits per heavy atom. The Bertz CT molecular complexity index is 967. The van der Waals surface area contributed by atoms with Crippen LogP contribution in [0.25, 0.3) is 0 Å². The van der Waals surface area contributed by atoms with Gasteiger partial charge in [0.05, 0.1) is 30.0 Å². The number of ether oxygens (including phenoxy) is 2. The molecule has 0 unspecified atom stereocenters. The quantitative estimate of drug-likeness (QED) is 0.540. The first-order valence-corrected chi connectivity index (χ1v) is 10.3. The number of carbonyl (C=O) groups excluding carboxylic acids is 2. The highest BCUT2D eigenvalue weighted by atomic mass is 35.5. The van der Waals surface area contributed by atoms with Crippen LogP contribution >= 0.6 is 11.6 Å². The normalized spacial score (nSPS) is 11.1. The van der Waals surface area contributed by atoms with E-state index in [1.807, 2.05) is 6.92 Å². The Hall–Kier alpha value is -2.94. The lowest BCUT2D eigenvalue weighted by molar-refractivity contribution is -0.137. The van der Waals surface area contributed by atoms with Gasteiger partial charge in [0, 0.05) is 12.1 Å². The molecule has 0 bridgehead atoms. The molecule has 0 radical (unpaired) electrons. The number of nitrogens with zero attached hydrogens (tertiary/aromatic N) is 1. The maximum absolute atomic E-state index is 13.1. The fraction of sp³-hybridized carbons (Fsp3) is 0.364. The first kappa shape index (κ1) is 25.3. The van der Waals surface area contributed by atoms with Crippen molar-refractivity contribution in [3.05, 3.63) is 52.5 Å². The summed E-state index contributed by atoms with van der Waals surface area (Å²) >= 11 is 6.25. The third kappa shape index (κ3) is 6.29. The summed E-state index contributed by atoms with van der Waals surface area (Å²) in [6.07, 6.45) is -3.88. The highest BCUT2D eigenvalue weighted by Crippen LogP contribution is 2.37. The molecule has 2 amide bonds. The van der Waals surface area contributed by atoms with Crippen molar-refractivity contribution in [2.75, 3.05) is 32.1 Å². The molecule has 0 fully saturated rings. The lowest BCUT2D eigenvalue weighted by Crippen LogP contribution is -2.38. The van der Waals surface area contributed by atoms with Crippen LogP contribution in [0, 0.1) is 0 Å². The molecule has 0 heterocycles. The molecule has 0 saturated heterocycles. The van der Waals surface area contributed by atoms with E-state index >= 15 is 0 Å². The fourth-order valence-electron chi connectivity index (χ4n) is 2.90. The summed E-state index contributed by atoms with van der Waals surface area (Å²) in [6.45, 7) is 3.67. The first-order valence-electron chi connectivity index (χ1n) is 9.88. The number of rotatable bonds is 9. The number of benzene rings is 2. The summed E-state index contributed by atoms with van der Waals surface area (Å²) in [6, 6.07) is 7.47. The number of nitrogens with one attached hydrogen (secondary N) is 1. The Labute approximate surface area is 189 Å². The van der Waals surface area contributed by atoms with Crippen molar-refractivity contribution in [1.29, 1.82) is 0 Å². The van der Waals surface area contributed by atoms with E-state index in [1.54, 1.807) is 6.92 Å². The van der Waals surface area contributed by atoms with Crippen molar-refractivity contribution in [2.45, 2.75) is 26.4 Å². The predicted octanol–water partition coefficient (Wildman–Crippen LogP) is 5.26. The zero-order valence-electron chi connectivity index (χ0n) is 17.9. The molecule has 0 aliphatic carbocycles.